The van der Waals surface area contributed by atoms with Gasteiger partial charge in [-0.1, -0.05) is 18.2 Å². The van der Waals surface area contributed by atoms with E-state index in [-0.39, 0.29) is 0 Å². The van der Waals surface area contributed by atoms with Gasteiger partial charge in [-0.3, -0.25) is 9.69 Å². The fraction of sp³-hybridized carbons (Fsp3) is 0.588. The highest BCUT2D eigenvalue weighted by Gasteiger charge is 2.31. The monoisotopic (exact) mass is 288 g/mol. The van der Waals surface area contributed by atoms with Gasteiger partial charge >= 0.3 is 5.97 Å². The van der Waals surface area contributed by atoms with Crippen LogP contribution in [-0.2, 0) is 4.79 Å². The Balaban J connectivity index is 1.49. The SMILES string of the molecule is O=C(O)CC1CCC(N2CCN(c3ccccc3)CC2)C1. The maximum Gasteiger partial charge on any atom is 0.303 e. The summed E-state index contributed by atoms with van der Waals surface area (Å²) < 4.78 is 0. The van der Waals surface area contributed by atoms with Crippen LogP contribution in [-0.4, -0.2) is 48.2 Å². The second-order valence-corrected chi connectivity index (χ2v) is 6.29. The molecule has 0 amide bonds. The van der Waals surface area contributed by atoms with Crippen molar-refractivity contribution >= 4 is 11.7 Å². The molecule has 114 valence electrons. The lowest BCUT2D eigenvalue weighted by atomic mass is 10.0. The zero-order valence-electron chi connectivity index (χ0n) is 12.4. The number of hydrogen-bond acceptors (Lipinski definition) is 3. The molecular formula is C17H24N2O2. The van der Waals surface area contributed by atoms with Crippen LogP contribution in [0.2, 0.25) is 0 Å². The zero-order valence-corrected chi connectivity index (χ0v) is 12.4. The Kier molecular flexibility index (Phi) is 4.44. The Morgan fingerprint density at radius 3 is 2.48 bits per heavy atom. The summed E-state index contributed by atoms with van der Waals surface area (Å²) >= 11 is 0. The number of aliphatic carboxylic acids is 1. The predicted molar refractivity (Wildman–Crippen MR) is 83.6 cm³/mol. The molecule has 1 aliphatic heterocycles. The van der Waals surface area contributed by atoms with Gasteiger partial charge in [0.05, 0.1) is 0 Å². The Hall–Kier alpha value is -1.55. The number of anilines is 1. The molecule has 1 heterocycles. The molecule has 2 aliphatic rings. The lowest BCUT2D eigenvalue weighted by Crippen LogP contribution is -2.49. The zero-order chi connectivity index (χ0) is 14.7. The number of carbonyl (C=O) groups is 1. The van der Waals surface area contributed by atoms with Crippen molar-refractivity contribution in [3.05, 3.63) is 30.3 Å². The fourth-order valence-electron chi connectivity index (χ4n) is 3.80. The second kappa shape index (κ2) is 6.48. The van der Waals surface area contributed by atoms with Gasteiger partial charge < -0.3 is 10.0 Å². The third-order valence-electron chi connectivity index (χ3n) is 4.93. The molecule has 21 heavy (non-hydrogen) atoms. The van der Waals surface area contributed by atoms with Crippen molar-refractivity contribution in [2.24, 2.45) is 5.92 Å². The molecule has 0 aromatic heterocycles. The van der Waals surface area contributed by atoms with Gasteiger partial charge in [0, 0.05) is 44.3 Å². The lowest BCUT2D eigenvalue weighted by molar-refractivity contribution is -0.138. The van der Waals surface area contributed by atoms with Gasteiger partial charge in [-0.2, -0.15) is 0 Å². The van der Waals surface area contributed by atoms with Gasteiger partial charge in [-0.25, -0.2) is 0 Å². The summed E-state index contributed by atoms with van der Waals surface area (Å²) in [5, 5.41) is 8.91. The van der Waals surface area contributed by atoms with Gasteiger partial charge in [0.15, 0.2) is 0 Å². The van der Waals surface area contributed by atoms with E-state index in [1.807, 2.05) is 0 Å². The third-order valence-corrected chi connectivity index (χ3v) is 4.93. The van der Waals surface area contributed by atoms with Crippen LogP contribution in [0.3, 0.4) is 0 Å². The van der Waals surface area contributed by atoms with Crippen molar-refractivity contribution in [3.63, 3.8) is 0 Å². The molecule has 0 radical (unpaired) electrons. The van der Waals surface area contributed by atoms with Crippen LogP contribution in [0, 0.1) is 5.92 Å². The normalized spacial score (nSPS) is 27.0. The van der Waals surface area contributed by atoms with E-state index >= 15 is 0 Å². The Bertz CT molecular complexity index is 469. The maximum atomic E-state index is 10.8. The van der Waals surface area contributed by atoms with Crippen LogP contribution in [0.1, 0.15) is 25.7 Å². The van der Waals surface area contributed by atoms with E-state index in [4.69, 9.17) is 5.11 Å². The van der Waals surface area contributed by atoms with E-state index in [1.165, 1.54) is 12.1 Å². The van der Waals surface area contributed by atoms with Gasteiger partial charge in [-0.15, -0.1) is 0 Å². The molecule has 4 heteroatoms. The largest absolute Gasteiger partial charge is 0.481 e. The quantitative estimate of drug-likeness (QED) is 0.924. The van der Waals surface area contributed by atoms with E-state index in [9.17, 15) is 4.79 Å². The number of carboxylic acids is 1. The number of nitrogens with zero attached hydrogens (tertiary/aromatic N) is 2. The average molecular weight is 288 g/mol. The molecule has 3 rings (SSSR count). The van der Waals surface area contributed by atoms with Gasteiger partial charge in [0.25, 0.3) is 0 Å². The standard InChI is InChI=1S/C17H24N2O2/c20-17(21)13-14-6-7-16(12-14)19-10-8-18(9-11-19)15-4-2-1-3-5-15/h1-5,14,16H,6-13H2,(H,20,21). The van der Waals surface area contributed by atoms with E-state index in [0.717, 1.165) is 39.0 Å². The van der Waals surface area contributed by atoms with Crippen molar-refractivity contribution in [2.45, 2.75) is 31.7 Å². The minimum absolute atomic E-state index is 0.348. The van der Waals surface area contributed by atoms with E-state index in [0.29, 0.717) is 18.4 Å². The maximum absolute atomic E-state index is 10.8. The van der Waals surface area contributed by atoms with Crippen LogP contribution in [0.15, 0.2) is 30.3 Å². The predicted octanol–water partition coefficient (Wildman–Crippen LogP) is 2.45. The molecule has 2 fully saturated rings. The molecule has 1 N–H and O–H groups in total. The van der Waals surface area contributed by atoms with Crippen LogP contribution >= 0.6 is 0 Å². The van der Waals surface area contributed by atoms with Crippen LogP contribution in [0.25, 0.3) is 0 Å². The second-order valence-electron chi connectivity index (χ2n) is 6.29. The van der Waals surface area contributed by atoms with E-state index in [2.05, 4.69) is 40.1 Å². The summed E-state index contributed by atoms with van der Waals surface area (Å²) in [6.45, 7) is 4.34. The highest BCUT2D eigenvalue weighted by atomic mass is 16.4. The molecule has 0 bridgehead atoms. The number of rotatable bonds is 4. The first-order chi connectivity index (χ1) is 10.2. The minimum atomic E-state index is -0.644. The molecule has 0 spiro atoms. The molecule has 1 saturated carbocycles. The van der Waals surface area contributed by atoms with Crippen LogP contribution in [0.4, 0.5) is 5.69 Å². The Labute approximate surface area is 126 Å². The summed E-state index contributed by atoms with van der Waals surface area (Å²) in [5.41, 5.74) is 1.31. The van der Waals surface area contributed by atoms with Gasteiger partial charge in [-0.05, 0) is 37.3 Å². The van der Waals surface area contributed by atoms with Crippen molar-refractivity contribution in [1.29, 1.82) is 0 Å². The highest BCUT2D eigenvalue weighted by molar-refractivity contribution is 5.67. The summed E-state index contributed by atoms with van der Waals surface area (Å²) in [4.78, 5) is 15.8. The van der Waals surface area contributed by atoms with Crippen molar-refractivity contribution in [2.75, 3.05) is 31.1 Å². The summed E-state index contributed by atoms with van der Waals surface area (Å²) in [7, 11) is 0. The minimum Gasteiger partial charge on any atom is -0.481 e. The fourth-order valence-corrected chi connectivity index (χ4v) is 3.80. The van der Waals surface area contributed by atoms with Gasteiger partial charge in [0.1, 0.15) is 0 Å². The first-order valence-electron chi connectivity index (χ1n) is 7.98. The Morgan fingerprint density at radius 1 is 1.10 bits per heavy atom. The average Bonchev–Trinajstić information content (AvgIpc) is 2.96. The van der Waals surface area contributed by atoms with Crippen molar-refractivity contribution in [3.8, 4) is 0 Å². The number of carboxylic acid groups (broad SMARTS) is 1. The number of para-hydroxylation sites is 1. The number of benzene rings is 1. The van der Waals surface area contributed by atoms with Crippen LogP contribution in [0.5, 0.6) is 0 Å². The first-order valence-corrected chi connectivity index (χ1v) is 7.98. The van der Waals surface area contributed by atoms with Gasteiger partial charge in [0.2, 0.25) is 0 Å². The highest BCUT2D eigenvalue weighted by Crippen LogP contribution is 2.32. The molecule has 1 aliphatic carbocycles. The van der Waals surface area contributed by atoms with Crippen molar-refractivity contribution < 1.29 is 9.90 Å². The molecule has 2 unspecified atom stereocenters. The number of hydrogen-bond donors (Lipinski definition) is 1. The summed E-state index contributed by atoms with van der Waals surface area (Å²) in [6.07, 6.45) is 3.66. The molecule has 1 saturated heterocycles. The molecule has 1 aromatic carbocycles. The van der Waals surface area contributed by atoms with E-state index in [1.54, 1.807) is 0 Å². The lowest BCUT2D eigenvalue weighted by Gasteiger charge is -2.39. The summed E-state index contributed by atoms with van der Waals surface area (Å²) in [6, 6.07) is 11.2. The first kappa shape index (κ1) is 14.4. The topological polar surface area (TPSA) is 43.8 Å². The molecular weight excluding hydrogens is 264 g/mol. The molecule has 1 aromatic rings. The summed E-state index contributed by atoms with van der Waals surface area (Å²) in [5.74, 6) is -0.255. The molecule has 2 atom stereocenters. The third kappa shape index (κ3) is 3.56. The van der Waals surface area contributed by atoms with Crippen molar-refractivity contribution in [1.82, 2.24) is 4.90 Å². The molecule has 4 nitrogen and oxygen atoms in total. The van der Waals surface area contributed by atoms with E-state index < -0.39 is 5.97 Å². The number of piperazine rings is 1. The Morgan fingerprint density at radius 2 is 1.81 bits per heavy atom. The van der Waals surface area contributed by atoms with Crippen LogP contribution < -0.4 is 4.90 Å². The smallest absolute Gasteiger partial charge is 0.303 e.